The smallest absolute Gasteiger partial charge is 0.310 e. The lowest BCUT2D eigenvalue weighted by Gasteiger charge is -2.06. The molecule has 0 saturated carbocycles. The number of aromatic nitrogens is 3. The number of rotatable bonds is 2. The molecule has 2 aromatic rings. The highest BCUT2D eigenvalue weighted by molar-refractivity contribution is 5.58. The van der Waals surface area contributed by atoms with Crippen molar-refractivity contribution in [2.24, 2.45) is 0 Å². The van der Waals surface area contributed by atoms with Gasteiger partial charge >= 0.3 is 5.69 Å². The molecular weight excluding hydrogens is 202 g/mol. The molecule has 1 N–H and O–H groups in total. The fourth-order valence-electron chi connectivity index (χ4n) is 1.46. The van der Waals surface area contributed by atoms with E-state index in [2.05, 4.69) is 15.0 Å². The Kier molecular flexibility index (Phi) is 2.81. The fourth-order valence-corrected chi connectivity index (χ4v) is 1.46. The number of hydrogen-bond acceptors (Lipinski definition) is 3. The lowest BCUT2D eigenvalue weighted by Crippen LogP contribution is -2.14. The quantitative estimate of drug-likeness (QED) is 0.833. The van der Waals surface area contributed by atoms with Crippen LogP contribution in [-0.4, -0.2) is 15.0 Å². The third-order valence-corrected chi connectivity index (χ3v) is 2.36. The molecule has 0 amide bonds. The normalized spacial score (nSPS) is 10.7. The van der Waals surface area contributed by atoms with Gasteiger partial charge in [-0.05, 0) is 24.1 Å². The highest BCUT2D eigenvalue weighted by Crippen LogP contribution is 2.17. The minimum Gasteiger partial charge on any atom is -0.310 e. The van der Waals surface area contributed by atoms with Crippen molar-refractivity contribution in [2.75, 3.05) is 0 Å². The average Bonchev–Trinajstić information content (AvgIpc) is 2.29. The molecule has 0 bridgehead atoms. The van der Waals surface area contributed by atoms with Gasteiger partial charge in [0, 0.05) is 23.7 Å². The van der Waals surface area contributed by atoms with Crippen molar-refractivity contribution >= 4 is 0 Å². The molecule has 4 nitrogen and oxygen atoms in total. The van der Waals surface area contributed by atoms with Crippen LogP contribution >= 0.6 is 0 Å². The van der Waals surface area contributed by atoms with Crippen LogP contribution in [0.25, 0.3) is 11.3 Å². The van der Waals surface area contributed by atoms with Gasteiger partial charge in [0.1, 0.15) is 0 Å². The first-order chi connectivity index (χ1) is 7.66. The maximum Gasteiger partial charge on any atom is 0.345 e. The topological polar surface area (TPSA) is 58.6 Å². The first kappa shape index (κ1) is 10.5. The maximum atomic E-state index is 11.4. The Bertz CT molecular complexity index is 531. The maximum absolute atomic E-state index is 11.4. The second-order valence-electron chi connectivity index (χ2n) is 3.92. The van der Waals surface area contributed by atoms with Crippen LogP contribution in [0.3, 0.4) is 0 Å². The van der Waals surface area contributed by atoms with E-state index in [9.17, 15) is 4.79 Å². The van der Waals surface area contributed by atoms with Crippen LogP contribution in [0.1, 0.15) is 25.5 Å². The van der Waals surface area contributed by atoms with Gasteiger partial charge in [-0.3, -0.25) is 4.98 Å². The van der Waals surface area contributed by atoms with E-state index in [0.29, 0.717) is 5.69 Å². The van der Waals surface area contributed by atoms with Gasteiger partial charge < -0.3 is 4.98 Å². The van der Waals surface area contributed by atoms with Crippen molar-refractivity contribution in [3.8, 4) is 11.3 Å². The number of nitrogens with zero attached hydrogens (tertiary/aromatic N) is 2. The van der Waals surface area contributed by atoms with Gasteiger partial charge in [-0.2, -0.15) is 4.98 Å². The predicted molar refractivity (Wildman–Crippen MR) is 62.2 cm³/mol. The summed E-state index contributed by atoms with van der Waals surface area (Å²) in [5.41, 5.74) is 2.18. The fraction of sp³-hybridized carbons (Fsp3) is 0.250. The van der Waals surface area contributed by atoms with Crippen LogP contribution in [0, 0.1) is 0 Å². The van der Waals surface area contributed by atoms with Crippen molar-refractivity contribution in [3.63, 3.8) is 0 Å². The summed E-state index contributed by atoms with van der Waals surface area (Å²) in [6.45, 7) is 4.06. The molecule has 0 aromatic carbocycles. The van der Waals surface area contributed by atoms with Crippen LogP contribution in [0.5, 0.6) is 0 Å². The minimum absolute atomic E-state index is 0.274. The summed E-state index contributed by atoms with van der Waals surface area (Å²) >= 11 is 0. The van der Waals surface area contributed by atoms with Gasteiger partial charge in [-0.15, -0.1) is 0 Å². The van der Waals surface area contributed by atoms with E-state index in [1.807, 2.05) is 32.0 Å². The molecule has 0 aliphatic rings. The lowest BCUT2D eigenvalue weighted by atomic mass is 10.1. The summed E-state index contributed by atoms with van der Waals surface area (Å²) in [4.78, 5) is 22.0. The van der Waals surface area contributed by atoms with Crippen LogP contribution in [-0.2, 0) is 0 Å². The molecule has 2 rings (SSSR count). The molecule has 0 unspecified atom stereocenters. The molecule has 0 aliphatic heterocycles. The van der Waals surface area contributed by atoms with Crippen LogP contribution in [0.4, 0.5) is 0 Å². The molecule has 2 aromatic heterocycles. The molecule has 0 radical (unpaired) electrons. The number of H-pyrrole nitrogens is 1. The number of hydrogen-bond donors (Lipinski definition) is 1. The number of aromatic amines is 1. The molecule has 0 atom stereocenters. The average molecular weight is 215 g/mol. The van der Waals surface area contributed by atoms with Gasteiger partial charge in [-0.1, -0.05) is 13.8 Å². The molecule has 16 heavy (non-hydrogen) atoms. The second kappa shape index (κ2) is 4.26. The summed E-state index contributed by atoms with van der Waals surface area (Å²) in [7, 11) is 0. The van der Waals surface area contributed by atoms with Crippen LogP contribution < -0.4 is 5.69 Å². The zero-order valence-electron chi connectivity index (χ0n) is 9.27. The summed E-state index contributed by atoms with van der Waals surface area (Å²) in [6, 6.07) is 5.58. The Labute approximate surface area is 93.4 Å². The Balaban J connectivity index is 2.54. The van der Waals surface area contributed by atoms with E-state index in [1.165, 1.54) is 0 Å². The summed E-state index contributed by atoms with van der Waals surface area (Å²) in [5.74, 6) is 0.274. The zero-order valence-corrected chi connectivity index (χ0v) is 9.27. The van der Waals surface area contributed by atoms with Crippen molar-refractivity contribution < 1.29 is 0 Å². The van der Waals surface area contributed by atoms with Crippen LogP contribution in [0.15, 0.2) is 35.4 Å². The zero-order chi connectivity index (χ0) is 11.5. The summed E-state index contributed by atoms with van der Waals surface area (Å²) in [5, 5.41) is 0. The van der Waals surface area contributed by atoms with E-state index < -0.39 is 0 Å². The Morgan fingerprint density at radius 2 is 1.94 bits per heavy atom. The van der Waals surface area contributed by atoms with E-state index in [-0.39, 0.29) is 11.6 Å². The number of pyridine rings is 1. The minimum atomic E-state index is -0.307. The van der Waals surface area contributed by atoms with E-state index in [1.54, 1.807) is 12.4 Å². The lowest BCUT2D eigenvalue weighted by molar-refractivity contribution is 0.803. The molecule has 82 valence electrons. The van der Waals surface area contributed by atoms with Gasteiger partial charge in [0.05, 0.1) is 5.69 Å². The standard InChI is InChI=1S/C12H13N3O/c1-8(2)10-7-11(15-12(16)14-10)9-3-5-13-6-4-9/h3-8H,1-2H3,(H,14,15,16). The highest BCUT2D eigenvalue weighted by atomic mass is 16.1. The molecule has 0 fully saturated rings. The third kappa shape index (κ3) is 2.16. The SMILES string of the molecule is CC(C)c1cc(-c2ccncc2)nc(=O)[nH]1. The molecule has 2 heterocycles. The molecule has 0 saturated heterocycles. The third-order valence-electron chi connectivity index (χ3n) is 2.36. The molecule has 4 heteroatoms. The number of nitrogens with one attached hydrogen (secondary N) is 1. The first-order valence-electron chi connectivity index (χ1n) is 5.18. The highest BCUT2D eigenvalue weighted by Gasteiger charge is 2.05. The monoisotopic (exact) mass is 215 g/mol. The predicted octanol–water partition coefficient (Wildman–Crippen LogP) is 1.96. The van der Waals surface area contributed by atoms with Gasteiger partial charge in [0.15, 0.2) is 0 Å². The van der Waals surface area contributed by atoms with Crippen molar-refractivity contribution in [1.29, 1.82) is 0 Å². The largest absolute Gasteiger partial charge is 0.345 e. The summed E-state index contributed by atoms with van der Waals surface area (Å²) < 4.78 is 0. The van der Waals surface area contributed by atoms with Gasteiger partial charge in [-0.25, -0.2) is 4.79 Å². The Hall–Kier alpha value is -1.97. The molecular formula is C12H13N3O. The van der Waals surface area contributed by atoms with Crippen molar-refractivity contribution in [1.82, 2.24) is 15.0 Å². The van der Waals surface area contributed by atoms with Crippen LogP contribution in [0.2, 0.25) is 0 Å². The van der Waals surface area contributed by atoms with Gasteiger partial charge in [0.2, 0.25) is 0 Å². The van der Waals surface area contributed by atoms with E-state index in [0.717, 1.165) is 11.3 Å². The molecule has 0 aliphatic carbocycles. The second-order valence-corrected chi connectivity index (χ2v) is 3.92. The Morgan fingerprint density at radius 1 is 1.25 bits per heavy atom. The first-order valence-corrected chi connectivity index (χ1v) is 5.18. The van der Waals surface area contributed by atoms with E-state index >= 15 is 0 Å². The summed E-state index contributed by atoms with van der Waals surface area (Å²) in [6.07, 6.45) is 3.38. The van der Waals surface area contributed by atoms with Crippen molar-refractivity contribution in [2.45, 2.75) is 19.8 Å². The Morgan fingerprint density at radius 3 is 2.56 bits per heavy atom. The molecule has 0 spiro atoms. The van der Waals surface area contributed by atoms with Gasteiger partial charge in [0.25, 0.3) is 0 Å². The van der Waals surface area contributed by atoms with Crippen molar-refractivity contribution in [3.05, 3.63) is 46.8 Å². The van der Waals surface area contributed by atoms with E-state index in [4.69, 9.17) is 0 Å².